The van der Waals surface area contributed by atoms with Crippen molar-refractivity contribution in [2.45, 2.75) is 50.7 Å². The third kappa shape index (κ3) is 3.66. The molecule has 1 aliphatic carbocycles. The standard InChI is InChI=1S/C18H24N2O3/c19-17(21)16-11-15(23-14-9-5-2-6-10-14)12-20(16)18(22)13-7-3-1-4-8-13/h2,5-6,9-10,13,15-16H,1,3-4,7-8,11-12H2,(H2,19,21)/t15-,16-/m0/s1. The summed E-state index contributed by atoms with van der Waals surface area (Å²) in [6, 6.07) is 8.95. The minimum Gasteiger partial charge on any atom is -0.488 e. The van der Waals surface area contributed by atoms with Gasteiger partial charge in [0.1, 0.15) is 17.9 Å². The first kappa shape index (κ1) is 15.8. The zero-order valence-electron chi connectivity index (χ0n) is 13.3. The van der Waals surface area contributed by atoms with Gasteiger partial charge in [-0.1, -0.05) is 37.5 Å². The second kappa shape index (κ2) is 7.02. The monoisotopic (exact) mass is 316 g/mol. The highest BCUT2D eigenvalue weighted by molar-refractivity contribution is 5.88. The maximum Gasteiger partial charge on any atom is 0.240 e. The van der Waals surface area contributed by atoms with Crippen LogP contribution in [0.1, 0.15) is 38.5 Å². The van der Waals surface area contributed by atoms with Crippen molar-refractivity contribution in [2.75, 3.05) is 6.54 Å². The van der Waals surface area contributed by atoms with Crippen molar-refractivity contribution < 1.29 is 14.3 Å². The lowest BCUT2D eigenvalue weighted by Crippen LogP contribution is -2.46. The van der Waals surface area contributed by atoms with E-state index in [1.54, 1.807) is 4.90 Å². The zero-order valence-corrected chi connectivity index (χ0v) is 13.3. The molecule has 2 amide bonds. The Hall–Kier alpha value is -2.04. The molecule has 5 nitrogen and oxygen atoms in total. The molecule has 23 heavy (non-hydrogen) atoms. The molecule has 2 N–H and O–H groups in total. The number of nitrogens with two attached hydrogens (primary N) is 1. The van der Waals surface area contributed by atoms with E-state index in [0.717, 1.165) is 31.4 Å². The Bertz CT molecular complexity index is 555. The summed E-state index contributed by atoms with van der Waals surface area (Å²) >= 11 is 0. The van der Waals surface area contributed by atoms with Crippen LogP contribution >= 0.6 is 0 Å². The number of rotatable bonds is 4. The Morgan fingerprint density at radius 2 is 1.78 bits per heavy atom. The third-order valence-corrected chi connectivity index (χ3v) is 4.87. The molecule has 0 spiro atoms. The van der Waals surface area contributed by atoms with Gasteiger partial charge in [-0.05, 0) is 25.0 Å². The van der Waals surface area contributed by atoms with Gasteiger partial charge in [0.2, 0.25) is 11.8 Å². The molecule has 1 aliphatic heterocycles. The molecule has 3 rings (SSSR count). The van der Waals surface area contributed by atoms with E-state index in [0.29, 0.717) is 13.0 Å². The van der Waals surface area contributed by atoms with Gasteiger partial charge in [0.15, 0.2) is 0 Å². The Labute approximate surface area is 136 Å². The highest BCUT2D eigenvalue weighted by Crippen LogP contribution is 2.30. The smallest absolute Gasteiger partial charge is 0.240 e. The minimum atomic E-state index is -0.543. The summed E-state index contributed by atoms with van der Waals surface area (Å²) in [5.74, 6) is 0.440. The number of para-hydroxylation sites is 1. The van der Waals surface area contributed by atoms with E-state index in [1.165, 1.54) is 6.42 Å². The number of primary amides is 1. The Morgan fingerprint density at radius 1 is 1.09 bits per heavy atom. The van der Waals surface area contributed by atoms with Crippen LogP contribution in [0.5, 0.6) is 5.75 Å². The van der Waals surface area contributed by atoms with Crippen LogP contribution in [0.3, 0.4) is 0 Å². The van der Waals surface area contributed by atoms with Gasteiger partial charge in [-0.2, -0.15) is 0 Å². The van der Waals surface area contributed by atoms with Crippen LogP contribution in [-0.4, -0.2) is 35.4 Å². The average Bonchev–Trinajstić information content (AvgIpc) is 3.00. The number of carbonyl (C=O) groups excluding carboxylic acids is 2. The molecule has 0 aromatic heterocycles. The number of ether oxygens (including phenoxy) is 1. The lowest BCUT2D eigenvalue weighted by atomic mass is 9.88. The molecule has 0 unspecified atom stereocenters. The van der Waals surface area contributed by atoms with E-state index in [1.807, 2.05) is 30.3 Å². The van der Waals surface area contributed by atoms with Gasteiger partial charge in [0.25, 0.3) is 0 Å². The van der Waals surface area contributed by atoms with Crippen LogP contribution in [0.15, 0.2) is 30.3 Å². The second-order valence-corrected chi connectivity index (χ2v) is 6.53. The summed E-state index contributed by atoms with van der Waals surface area (Å²) in [5, 5.41) is 0. The van der Waals surface area contributed by atoms with E-state index in [2.05, 4.69) is 0 Å². The zero-order chi connectivity index (χ0) is 16.2. The molecule has 1 aromatic carbocycles. The van der Waals surface area contributed by atoms with Gasteiger partial charge in [0, 0.05) is 12.3 Å². The number of benzene rings is 1. The molecule has 1 saturated carbocycles. The van der Waals surface area contributed by atoms with Crippen molar-refractivity contribution in [3.8, 4) is 5.75 Å². The highest BCUT2D eigenvalue weighted by Gasteiger charge is 2.41. The SMILES string of the molecule is NC(=O)[C@@H]1C[C@H](Oc2ccccc2)CN1C(=O)C1CCCCC1. The first-order chi connectivity index (χ1) is 11.1. The molecule has 0 radical (unpaired) electrons. The molecule has 0 bridgehead atoms. The van der Waals surface area contributed by atoms with Crippen molar-refractivity contribution in [1.29, 1.82) is 0 Å². The summed E-state index contributed by atoms with van der Waals surface area (Å²) in [5.41, 5.74) is 5.52. The minimum absolute atomic E-state index is 0.0427. The predicted molar refractivity (Wildman–Crippen MR) is 86.7 cm³/mol. The first-order valence-corrected chi connectivity index (χ1v) is 8.46. The van der Waals surface area contributed by atoms with Crippen molar-refractivity contribution >= 4 is 11.8 Å². The van der Waals surface area contributed by atoms with Crippen LogP contribution in [-0.2, 0) is 9.59 Å². The second-order valence-electron chi connectivity index (χ2n) is 6.53. The molecule has 5 heteroatoms. The highest BCUT2D eigenvalue weighted by atomic mass is 16.5. The number of hydrogen-bond donors (Lipinski definition) is 1. The topological polar surface area (TPSA) is 72.6 Å². The third-order valence-electron chi connectivity index (χ3n) is 4.87. The lowest BCUT2D eigenvalue weighted by molar-refractivity contribution is -0.141. The van der Waals surface area contributed by atoms with Crippen LogP contribution in [0.25, 0.3) is 0 Å². The van der Waals surface area contributed by atoms with Gasteiger partial charge in [0.05, 0.1) is 6.54 Å². The van der Waals surface area contributed by atoms with Gasteiger partial charge in [-0.3, -0.25) is 9.59 Å². The quantitative estimate of drug-likeness (QED) is 0.924. The summed E-state index contributed by atoms with van der Waals surface area (Å²) in [7, 11) is 0. The van der Waals surface area contributed by atoms with E-state index in [9.17, 15) is 9.59 Å². The van der Waals surface area contributed by atoms with E-state index in [-0.39, 0.29) is 17.9 Å². The lowest BCUT2D eigenvalue weighted by Gasteiger charge is -2.29. The maximum absolute atomic E-state index is 12.8. The molecule has 1 aromatic rings. The molecule has 1 heterocycles. The van der Waals surface area contributed by atoms with E-state index >= 15 is 0 Å². The summed E-state index contributed by atoms with van der Waals surface area (Å²) in [6.45, 7) is 0.442. The van der Waals surface area contributed by atoms with Gasteiger partial charge in [-0.25, -0.2) is 0 Å². The number of carbonyl (C=O) groups is 2. The fourth-order valence-electron chi connectivity index (χ4n) is 3.67. The van der Waals surface area contributed by atoms with Crippen molar-refractivity contribution in [3.05, 3.63) is 30.3 Å². The molecule has 2 fully saturated rings. The molecule has 2 aliphatic rings. The maximum atomic E-state index is 12.8. The summed E-state index contributed by atoms with van der Waals surface area (Å²) < 4.78 is 5.92. The number of amides is 2. The van der Waals surface area contributed by atoms with Crippen molar-refractivity contribution in [3.63, 3.8) is 0 Å². The van der Waals surface area contributed by atoms with Crippen molar-refractivity contribution in [1.82, 2.24) is 4.90 Å². The van der Waals surface area contributed by atoms with Crippen molar-refractivity contribution in [2.24, 2.45) is 11.7 Å². The van der Waals surface area contributed by atoms with Crippen LogP contribution in [0.2, 0.25) is 0 Å². The molecule has 1 saturated heterocycles. The van der Waals surface area contributed by atoms with E-state index in [4.69, 9.17) is 10.5 Å². The summed E-state index contributed by atoms with van der Waals surface area (Å²) in [6.07, 6.45) is 5.52. The summed E-state index contributed by atoms with van der Waals surface area (Å²) in [4.78, 5) is 26.2. The van der Waals surface area contributed by atoms with Crippen LogP contribution < -0.4 is 10.5 Å². The number of hydrogen-bond acceptors (Lipinski definition) is 3. The molecular weight excluding hydrogens is 292 g/mol. The molecular formula is C18H24N2O3. The van der Waals surface area contributed by atoms with Gasteiger partial charge < -0.3 is 15.4 Å². The Morgan fingerprint density at radius 3 is 2.43 bits per heavy atom. The van der Waals surface area contributed by atoms with Crippen LogP contribution in [0, 0.1) is 5.92 Å². The van der Waals surface area contributed by atoms with Crippen LogP contribution in [0.4, 0.5) is 0 Å². The molecule has 124 valence electrons. The largest absolute Gasteiger partial charge is 0.488 e. The fraction of sp³-hybridized carbons (Fsp3) is 0.556. The fourth-order valence-corrected chi connectivity index (χ4v) is 3.67. The molecule has 2 atom stereocenters. The normalized spacial score (nSPS) is 25.3. The first-order valence-electron chi connectivity index (χ1n) is 8.46. The Kier molecular flexibility index (Phi) is 4.84. The van der Waals surface area contributed by atoms with Gasteiger partial charge in [-0.15, -0.1) is 0 Å². The number of likely N-dealkylation sites (tertiary alicyclic amines) is 1. The average molecular weight is 316 g/mol. The predicted octanol–water partition coefficient (Wildman–Crippen LogP) is 2.10. The van der Waals surface area contributed by atoms with E-state index < -0.39 is 11.9 Å². The van der Waals surface area contributed by atoms with Gasteiger partial charge >= 0.3 is 0 Å². The number of nitrogens with zero attached hydrogens (tertiary/aromatic N) is 1. The Balaban J connectivity index is 1.68.